The van der Waals surface area contributed by atoms with E-state index in [1.54, 1.807) is 4.90 Å². The summed E-state index contributed by atoms with van der Waals surface area (Å²) in [6.07, 6.45) is 7.97. The standard InChI is InChI=1S/C32H36ClN3O4/c1-19-6-5-8-23(18-19)34-29(37)26-25-14-16-32(40-25)27(26)31(39)36(17-15-21-10-12-22(33)13-11-21)28(32)30(38)35-24-9-4-3-7-20(24)2/h5-6,8,10-14,16,18,20,24-28H,3-4,7,9,15,17H2,1-2H3,(H,34,37)(H,35,38)/t20-,24-,25-,26+,27-,28-,32-/m0/s1. The van der Waals surface area contributed by atoms with E-state index in [2.05, 4.69) is 17.6 Å². The molecule has 1 aliphatic carbocycles. The van der Waals surface area contributed by atoms with Crippen molar-refractivity contribution in [3.05, 3.63) is 76.8 Å². The van der Waals surface area contributed by atoms with Gasteiger partial charge in [-0.25, -0.2) is 0 Å². The second-order valence-corrected chi connectivity index (χ2v) is 12.3. The number of benzene rings is 2. The van der Waals surface area contributed by atoms with E-state index < -0.39 is 29.6 Å². The Morgan fingerprint density at radius 3 is 2.62 bits per heavy atom. The normalized spacial score (nSPS) is 32.3. The zero-order chi connectivity index (χ0) is 28.0. The molecule has 2 saturated heterocycles. The van der Waals surface area contributed by atoms with E-state index in [0.717, 1.165) is 30.4 Å². The average Bonchev–Trinajstić information content (AvgIpc) is 3.57. The first-order valence-electron chi connectivity index (χ1n) is 14.4. The predicted octanol–water partition coefficient (Wildman–Crippen LogP) is 4.68. The molecule has 210 valence electrons. The molecule has 1 spiro atoms. The third-order valence-electron chi connectivity index (χ3n) is 9.20. The Morgan fingerprint density at radius 2 is 1.88 bits per heavy atom. The summed E-state index contributed by atoms with van der Waals surface area (Å²) in [5.74, 6) is -1.79. The van der Waals surface area contributed by atoms with Crippen LogP contribution in [0.4, 0.5) is 5.69 Å². The van der Waals surface area contributed by atoms with Crippen LogP contribution in [0.2, 0.25) is 5.02 Å². The summed E-state index contributed by atoms with van der Waals surface area (Å²) >= 11 is 6.07. The van der Waals surface area contributed by atoms with Gasteiger partial charge in [0.2, 0.25) is 17.7 Å². The third kappa shape index (κ3) is 4.73. The van der Waals surface area contributed by atoms with E-state index in [1.807, 2.05) is 67.6 Å². The zero-order valence-corrected chi connectivity index (χ0v) is 23.7. The number of fused-ring (bicyclic) bond motifs is 1. The third-order valence-corrected chi connectivity index (χ3v) is 9.46. The van der Waals surface area contributed by atoms with Crippen LogP contribution in [0.25, 0.3) is 0 Å². The molecule has 0 radical (unpaired) electrons. The molecule has 3 heterocycles. The van der Waals surface area contributed by atoms with Crippen LogP contribution < -0.4 is 10.6 Å². The second kappa shape index (κ2) is 10.7. The lowest BCUT2D eigenvalue weighted by atomic mass is 9.74. The highest BCUT2D eigenvalue weighted by Gasteiger charge is 2.72. The molecule has 7 nitrogen and oxygen atoms in total. The van der Waals surface area contributed by atoms with Crippen LogP contribution in [0.3, 0.4) is 0 Å². The molecule has 2 aromatic rings. The monoisotopic (exact) mass is 561 g/mol. The number of aryl methyl sites for hydroxylation is 1. The van der Waals surface area contributed by atoms with Gasteiger partial charge in [-0.3, -0.25) is 14.4 Å². The Morgan fingerprint density at radius 1 is 1.10 bits per heavy atom. The molecule has 7 atom stereocenters. The summed E-state index contributed by atoms with van der Waals surface area (Å²) in [6.45, 7) is 4.47. The van der Waals surface area contributed by atoms with Crippen LogP contribution in [0.5, 0.6) is 0 Å². The first-order valence-corrected chi connectivity index (χ1v) is 14.7. The first-order chi connectivity index (χ1) is 19.3. The number of hydrogen-bond donors (Lipinski definition) is 2. The van der Waals surface area contributed by atoms with Gasteiger partial charge in [-0.15, -0.1) is 0 Å². The summed E-state index contributed by atoms with van der Waals surface area (Å²) < 4.78 is 6.48. The largest absolute Gasteiger partial charge is 0.359 e. The number of nitrogens with zero attached hydrogens (tertiary/aromatic N) is 1. The molecule has 3 amide bonds. The molecule has 3 aliphatic heterocycles. The van der Waals surface area contributed by atoms with Crippen molar-refractivity contribution < 1.29 is 19.1 Å². The number of halogens is 1. The van der Waals surface area contributed by atoms with Crippen LogP contribution in [0, 0.1) is 24.7 Å². The van der Waals surface area contributed by atoms with Gasteiger partial charge in [0, 0.05) is 23.3 Å². The van der Waals surface area contributed by atoms with E-state index in [4.69, 9.17) is 16.3 Å². The number of amides is 3. The average molecular weight is 562 g/mol. The van der Waals surface area contributed by atoms with Crippen LogP contribution in [-0.4, -0.2) is 53.0 Å². The molecule has 40 heavy (non-hydrogen) atoms. The minimum atomic E-state index is -1.17. The number of rotatable bonds is 7. The number of ether oxygens (including phenoxy) is 1. The Balaban J connectivity index is 1.30. The van der Waals surface area contributed by atoms with Gasteiger partial charge in [0.25, 0.3) is 0 Å². The van der Waals surface area contributed by atoms with Gasteiger partial charge in [0.1, 0.15) is 11.6 Å². The molecular weight excluding hydrogens is 526 g/mol. The van der Waals surface area contributed by atoms with Crippen molar-refractivity contribution >= 4 is 35.0 Å². The molecule has 2 N–H and O–H groups in total. The van der Waals surface area contributed by atoms with E-state index >= 15 is 0 Å². The van der Waals surface area contributed by atoms with Crippen molar-refractivity contribution in [2.75, 3.05) is 11.9 Å². The SMILES string of the molecule is Cc1cccc(NC(=O)[C@@H]2[C@@H]3C=C[C@]4(O3)[C@@H]2C(=O)N(CCc2ccc(Cl)cc2)[C@H]4C(=O)N[C@H]2CCCC[C@@H]2C)c1. The fourth-order valence-electron chi connectivity index (χ4n) is 7.15. The lowest BCUT2D eigenvalue weighted by Gasteiger charge is -2.36. The molecular formula is C32H36ClN3O4. The number of anilines is 1. The van der Waals surface area contributed by atoms with E-state index in [-0.39, 0.29) is 23.8 Å². The van der Waals surface area contributed by atoms with E-state index in [0.29, 0.717) is 29.6 Å². The van der Waals surface area contributed by atoms with Crippen molar-refractivity contribution in [1.82, 2.24) is 10.2 Å². The van der Waals surface area contributed by atoms with Crippen LogP contribution >= 0.6 is 11.6 Å². The summed E-state index contributed by atoms with van der Waals surface area (Å²) in [4.78, 5) is 43.5. The van der Waals surface area contributed by atoms with Crippen molar-refractivity contribution in [1.29, 1.82) is 0 Å². The summed E-state index contributed by atoms with van der Waals surface area (Å²) in [5, 5.41) is 6.92. The predicted molar refractivity (Wildman–Crippen MR) is 154 cm³/mol. The quantitative estimate of drug-likeness (QED) is 0.481. The minimum Gasteiger partial charge on any atom is -0.359 e. The number of carbonyl (C=O) groups excluding carboxylic acids is 3. The van der Waals surface area contributed by atoms with Gasteiger partial charge in [0.15, 0.2) is 0 Å². The molecule has 0 unspecified atom stereocenters. The molecule has 3 fully saturated rings. The van der Waals surface area contributed by atoms with Gasteiger partial charge < -0.3 is 20.3 Å². The smallest absolute Gasteiger partial charge is 0.246 e. The molecule has 0 aromatic heterocycles. The Labute approximate surface area is 240 Å². The topological polar surface area (TPSA) is 87.7 Å². The molecule has 2 aromatic carbocycles. The number of hydrogen-bond acceptors (Lipinski definition) is 4. The van der Waals surface area contributed by atoms with E-state index in [1.165, 1.54) is 6.42 Å². The van der Waals surface area contributed by atoms with Gasteiger partial charge in [-0.2, -0.15) is 0 Å². The van der Waals surface area contributed by atoms with Crippen molar-refractivity contribution in [2.24, 2.45) is 17.8 Å². The maximum absolute atomic E-state index is 14.2. The lowest BCUT2D eigenvalue weighted by molar-refractivity contribution is -0.141. The zero-order valence-electron chi connectivity index (χ0n) is 22.9. The van der Waals surface area contributed by atoms with Crippen molar-refractivity contribution in [3.8, 4) is 0 Å². The summed E-state index contributed by atoms with van der Waals surface area (Å²) in [5.41, 5.74) is 1.55. The molecule has 6 rings (SSSR count). The van der Waals surface area contributed by atoms with Crippen molar-refractivity contribution in [2.45, 2.75) is 69.7 Å². The number of nitrogens with one attached hydrogen (secondary N) is 2. The fourth-order valence-corrected chi connectivity index (χ4v) is 7.28. The van der Waals surface area contributed by atoms with Crippen LogP contribution in [0.15, 0.2) is 60.7 Å². The Bertz CT molecular complexity index is 1340. The lowest BCUT2D eigenvalue weighted by Crippen LogP contribution is -2.57. The number of carbonyl (C=O) groups is 3. The van der Waals surface area contributed by atoms with Crippen molar-refractivity contribution in [3.63, 3.8) is 0 Å². The first kappa shape index (κ1) is 27.0. The van der Waals surface area contributed by atoms with Crippen LogP contribution in [0.1, 0.15) is 43.7 Å². The van der Waals surface area contributed by atoms with Gasteiger partial charge in [-0.05, 0) is 67.5 Å². The number of likely N-dealkylation sites (tertiary alicyclic amines) is 1. The van der Waals surface area contributed by atoms with Crippen LogP contribution in [-0.2, 0) is 25.5 Å². The highest BCUT2D eigenvalue weighted by atomic mass is 35.5. The second-order valence-electron chi connectivity index (χ2n) is 11.8. The fraction of sp³-hybridized carbons (Fsp3) is 0.469. The Kier molecular flexibility index (Phi) is 7.21. The highest BCUT2D eigenvalue weighted by molar-refractivity contribution is 6.30. The maximum atomic E-state index is 14.2. The summed E-state index contributed by atoms with van der Waals surface area (Å²) in [6, 6.07) is 14.3. The molecule has 8 heteroatoms. The molecule has 4 aliphatic rings. The van der Waals surface area contributed by atoms with Gasteiger partial charge in [-0.1, -0.05) is 67.8 Å². The minimum absolute atomic E-state index is 0.0629. The van der Waals surface area contributed by atoms with E-state index in [9.17, 15) is 14.4 Å². The van der Waals surface area contributed by atoms with Gasteiger partial charge >= 0.3 is 0 Å². The molecule has 2 bridgehead atoms. The summed E-state index contributed by atoms with van der Waals surface area (Å²) in [7, 11) is 0. The Hall–Kier alpha value is -3.16. The van der Waals surface area contributed by atoms with Gasteiger partial charge in [0.05, 0.1) is 17.9 Å². The highest BCUT2D eigenvalue weighted by Crippen LogP contribution is 2.55. The molecule has 1 saturated carbocycles. The maximum Gasteiger partial charge on any atom is 0.246 e.